The van der Waals surface area contributed by atoms with E-state index in [9.17, 15) is 8.42 Å². The molecule has 106 valence electrons. The maximum Gasteiger partial charge on any atom is 0.240 e. The van der Waals surface area contributed by atoms with Crippen LogP contribution in [0.1, 0.15) is 12.0 Å². The van der Waals surface area contributed by atoms with Crippen LogP contribution in [-0.4, -0.2) is 28.2 Å². The first kappa shape index (κ1) is 15.7. The van der Waals surface area contributed by atoms with Gasteiger partial charge in [-0.1, -0.05) is 6.08 Å². The van der Waals surface area contributed by atoms with Crippen molar-refractivity contribution in [1.82, 2.24) is 4.72 Å². The van der Waals surface area contributed by atoms with Crippen molar-refractivity contribution in [1.29, 1.82) is 0 Å². The number of nitrogen functional groups attached to an aromatic ring is 1. The third kappa shape index (κ3) is 5.02. The van der Waals surface area contributed by atoms with Crippen molar-refractivity contribution in [2.75, 3.05) is 25.5 Å². The van der Waals surface area contributed by atoms with Crippen molar-refractivity contribution >= 4 is 15.7 Å². The Bertz CT molecular complexity index is 527. The molecule has 0 amide bonds. The van der Waals surface area contributed by atoms with E-state index in [0.29, 0.717) is 18.9 Å². The number of nitrogens with two attached hydrogens (primary N) is 1. The van der Waals surface area contributed by atoms with Crippen LogP contribution in [-0.2, 0) is 14.8 Å². The Morgan fingerprint density at radius 1 is 1.42 bits per heavy atom. The van der Waals surface area contributed by atoms with Crippen LogP contribution in [0.4, 0.5) is 5.69 Å². The minimum Gasteiger partial charge on any atom is -0.399 e. The molecule has 19 heavy (non-hydrogen) atoms. The third-order valence-electron chi connectivity index (χ3n) is 2.56. The fraction of sp³-hybridized carbons (Fsp3) is 0.385. The number of hydrogen-bond donors (Lipinski definition) is 2. The van der Waals surface area contributed by atoms with Gasteiger partial charge in [-0.2, -0.15) is 0 Å². The lowest BCUT2D eigenvalue weighted by atomic mass is 10.2. The molecule has 0 saturated carbocycles. The summed E-state index contributed by atoms with van der Waals surface area (Å²) >= 11 is 0. The van der Waals surface area contributed by atoms with Crippen LogP contribution < -0.4 is 10.5 Å². The fourth-order valence-corrected chi connectivity index (χ4v) is 2.51. The summed E-state index contributed by atoms with van der Waals surface area (Å²) in [7, 11) is -3.50. The van der Waals surface area contributed by atoms with Gasteiger partial charge in [0.25, 0.3) is 0 Å². The van der Waals surface area contributed by atoms with Crippen LogP contribution in [0.15, 0.2) is 35.7 Å². The normalized spacial score (nSPS) is 11.4. The highest BCUT2D eigenvalue weighted by Crippen LogP contribution is 2.16. The van der Waals surface area contributed by atoms with Crippen molar-refractivity contribution < 1.29 is 13.2 Å². The van der Waals surface area contributed by atoms with Crippen LogP contribution in [0.2, 0.25) is 0 Å². The summed E-state index contributed by atoms with van der Waals surface area (Å²) in [6, 6.07) is 4.63. The molecule has 0 saturated heterocycles. The van der Waals surface area contributed by atoms with E-state index >= 15 is 0 Å². The molecular formula is C13H20N2O3S. The lowest BCUT2D eigenvalue weighted by Crippen LogP contribution is -2.27. The van der Waals surface area contributed by atoms with Gasteiger partial charge in [-0.3, -0.25) is 0 Å². The molecule has 0 aliphatic rings. The van der Waals surface area contributed by atoms with E-state index in [1.54, 1.807) is 25.1 Å². The van der Waals surface area contributed by atoms with E-state index in [1.807, 2.05) is 0 Å². The second-order valence-corrected chi connectivity index (χ2v) is 5.87. The fourth-order valence-electron chi connectivity index (χ4n) is 1.42. The maximum absolute atomic E-state index is 12.0. The van der Waals surface area contributed by atoms with E-state index in [4.69, 9.17) is 10.5 Å². The predicted molar refractivity (Wildman–Crippen MR) is 76.4 cm³/mol. The summed E-state index contributed by atoms with van der Waals surface area (Å²) in [6.07, 6.45) is 2.51. The quantitative estimate of drug-likeness (QED) is 0.430. The number of nitrogens with one attached hydrogen (secondary N) is 1. The average molecular weight is 284 g/mol. The zero-order valence-corrected chi connectivity index (χ0v) is 11.9. The molecule has 6 heteroatoms. The van der Waals surface area contributed by atoms with E-state index in [1.165, 1.54) is 6.07 Å². The van der Waals surface area contributed by atoms with Gasteiger partial charge >= 0.3 is 0 Å². The molecule has 1 aromatic carbocycles. The Morgan fingerprint density at radius 2 is 2.16 bits per heavy atom. The molecule has 0 radical (unpaired) electrons. The Morgan fingerprint density at radius 3 is 2.79 bits per heavy atom. The number of anilines is 1. The standard InChI is InChI=1S/C13H20N2O3S/c1-3-4-8-18-9-7-15-19(16,17)12-5-6-13(14)11(2)10-12/h3,5-6,10,15H,1,4,7-9,14H2,2H3. The van der Waals surface area contributed by atoms with Gasteiger partial charge in [0, 0.05) is 12.2 Å². The minimum absolute atomic E-state index is 0.213. The minimum atomic E-state index is -3.50. The molecule has 3 N–H and O–H groups in total. The number of hydrogen-bond acceptors (Lipinski definition) is 4. The average Bonchev–Trinajstić information content (AvgIpc) is 2.36. The van der Waals surface area contributed by atoms with Gasteiger partial charge in [0.2, 0.25) is 10.0 Å². The summed E-state index contributed by atoms with van der Waals surface area (Å²) in [4.78, 5) is 0.213. The van der Waals surface area contributed by atoms with Crippen LogP contribution in [0, 0.1) is 6.92 Å². The van der Waals surface area contributed by atoms with E-state index in [-0.39, 0.29) is 11.4 Å². The highest BCUT2D eigenvalue weighted by Gasteiger charge is 2.13. The molecule has 0 bridgehead atoms. The summed E-state index contributed by atoms with van der Waals surface area (Å²) in [5, 5.41) is 0. The number of aryl methyl sites for hydroxylation is 1. The Balaban J connectivity index is 2.51. The molecule has 5 nitrogen and oxygen atoms in total. The molecule has 0 aliphatic heterocycles. The number of benzene rings is 1. The highest BCUT2D eigenvalue weighted by atomic mass is 32.2. The Hall–Kier alpha value is -1.37. The first-order valence-corrected chi connectivity index (χ1v) is 7.50. The van der Waals surface area contributed by atoms with Crippen molar-refractivity contribution in [3.8, 4) is 0 Å². The second-order valence-electron chi connectivity index (χ2n) is 4.11. The molecular weight excluding hydrogens is 264 g/mol. The topological polar surface area (TPSA) is 81.4 Å². The predicted octanol–water partition coefficient (Wildman–Crippen LogP) is 1.45. The number of ether oxygens (including phenoxy) is 1. The summed E-state index contributed by atoms with van der Waals surface area (Å²) in [5.74, 6) is 0. The largest absolute Gasteiger partial charge is 0.399 e. The monoisotopic (exact) mass is 284 g/mol. The summed E-state index contributed by atoms with van der Waals surface area (Å²) < 4.78 is 31.6. The second kappa shape index (κ2) is 7.28. The van der Waals surface area contributed by atoms with Crippen molar-refractivity contribution in [2.24, 2.45) is 0 Å². The zero-order chi connectivity index (χ0) is 14.3. The molecule has 0 atom stereocenters. The Kier molecular flexibility index (Phi) is 6.01. The molecule has 1 rings (SSSR count). The molecule has 0 spiro atoms. The highest BCUT2D eigenvalue weighted by molar-refractivity contribution is 7.89. The maximum atomic E-state index is 12.0. The zero-order valence-electron chi connectivity index (χ0n) is 11.1. The van der Waals surface area contributed by atoms with Gasteiger partial charge in [0.1, 0.15) is 0 Å². The van der Waals surface area contributed by atoms with Gasteiger partial charge in [0.05, 0.1) is 18.1 Å². The summed E-state index contributed by atoms with van der Waals surface area (Å²) in [6.45, 7) is 6.46. The number of rotatable bonds is 8. The van der Waals surface area contributed by atoms with Gasteiger partial charge in [-0.15, -0.1) is 6.58 Å². The molecule has 0 fully saturated rings. The van der Waals surface area contributed by atoms with Crippen LogP contribution in [0.3, 0.4) is 0 Å². The molecule has 0 heterocycles. The SMILES string of the molecule is C=CCCOCCNS(=O)(=O)c1ccc(N)c(C)c1. The van der Waals surface area contributed by atoms with E-state index in [2.05, 4.69) is 11.3 Å². The molecule has 0 aromatic heterocycles. The summed E-state index contributed by atoms with van der Waals surface area (Å²) in [5.41, 5.74) is 6.97. The third-order valence-corrected chi connectivity index (χ3v) is 4.02. The molecule has 1 aromatic rings. The van der Waals surface area contributed by atoms with Gasteiger partial charge in [0.15, 0.2) is 0 Å². The van der Waals surface area contributed by atoms with Gasteiger partial charge < -0.3 is 10.5 Å². The van der Waals surface area contributed by atoms with Crippen molar-refractivity contribution in [2.45, 2.75) is 18.2 Å². The van der Waals surface area contributed by atoms with Crippen LogP contribution in [0.25, 0.3) is 0 Å². The molecule has 0 aliphatic carbocycles. The van der Waals surface area contributed by atoms with Crippen LogP contribution in [0.5, 0.6) is 0 Å². The van der Waals surface area contributed by atoms with Crippen molar-refractivity contribution in [3.05, 3.63) is 36.4 Å². The lowest BCUT2D eigenvalue weighted by Gasteiger charge is -2.08. The van der Waals surface area contributed by atoms with Crippen LogP contribution >= 0.6 is 0 Å². The van der Waals surface area contributed by atoms with E-state index in [0.717, 1.165) is 12.0 Å². The van der Waals surface area contributed by atoms with E-state index < -0.39 is 10.0 Å². The first-order chi connectivity index (χ1) is 8.97. The van der Waals surface area contributed by atoms with Gasteiger partial charge in [-0.05, 0) is 37.1 Å². The number of sulfonamides is 1. The molecule has 0 unspecified atom stereocenters. The van der Waals surface area contributed by atoms with Gasteiger partial charge in [-0.25, -0.2) is 13.1 Å². The Labute approximate surface area is 114 Å². The van der Waals surface area contributed by atoms with Crippen molar-refractivity contribution in [3.63, 3.8) is 0 Å². The lowest BCUT2D eigenvalue weighted by molar-refractivity contribution is 0.144. The smallest absolute Gasteiger partial charge is 0.240 e. The first-order valence-electron chi connectivity index (χ1n) is 6.02.